The van der Waals surface area contributed by atoms with Gasteiger partial charge in [0, 0.05) is 54.3 Å². The van der Waals surface area contributed by atoms with E-state index in [1.165, 1.54) is 11.9 Å². The van der Waals surface area contributed by atoms with Crippen LogP contribution in [-0.2, 0) is 0 Å². The van der Waals surface area contributed by atoms with Crippen molar-refractivity contribution in [2.75, 3.05) is 50.1 Å². The third-order valence-corrected chi connectivity index (χ3v) is 5.61. The number of benzene rings is 1. The van der Waals surface area contributed by atoms with Crippen LogP contribution in [0.2, 0.25) is 0 Å². The van der Waals surface area contributed by atoms with Crippen molar-refractivity contribution < 1.29 is 4.74 Å². The van der Waals surface area contributed by atoms with Crippen molar-refractivity contribution in [2.45, 2.75) is 18.9 Å². The number of nitrogens with zero attached hydrogens (tertiary/aromatic N) is 4. The molecule has 0 spiro atoms. The van der Waals surface area contributed by atoms with E-state index in [0.717, 1.165) is 34.1 Å². The Hall–Kier alpha value is -3.37. The number of aromatic nitrogens is 3. The van der Waals surface area contributed by atoms with Crippen molar-refractivity contribution in [1.82, 2.24) is 19.9 Å². The molecule has 0 saturated heterocycles. The van der Waals surface area contributed by atoms with Crippen LogP contribution in [0.1, 0.15) is 18.1 Å². The van der Waals surface area contributed by atoms with E-state index in [-0.39, 0.29) is 0 Å². The minimum atomic E-state index is 0.291. The Morgan fingerprint density at radius 3 is 2.67 bits per heavy atom. The number of methoxy groups -OCH3 is 1. The van der Waals surface area contributed by atoms with E-state index in [1.54, 1.807) is 20.2 Å². The fourth-order valence-electron chi connectivity index (χ4n) is 3.10. The minimum absolute atomic E-state index is 0.291. The van der Waals surface area contributed by atoms with Crippen molar-refractivity contribution in [1.29, 1.82) is 5.41 Å². The van der Waals surface area contributed by atoms with E-state index in [0.29, 0.717) is 35.3 Å². The third kappa shape index (κ3) is 6.33. The first-order valence-electron chi connectivity index (χ1n) is 10.4. The maximum atomic E-state index is 8.08. The number of rotatable bonds is 10. The summed E-state index contributed by atoms with van der Waals surface area (Å²) in [6.07, 6.45) is 1.71. The molecule has 0 radical (unpaired) electrons. The van der Waals surface area contributed by atoms with Crippen LogP contribution >= 0.6 is 11.9 Å². The number of anilines is 3. The molecule has 0 amide bonds. The van der Waals surface area contributed by atoms with Gasteiger partial charge in [0.2, 0.25) is 0 Å². The fourth-order valence-corrected chi connectivity index (χ4v) is 3.83. The Balaban J connectivity index is 1.82. The fraction of sp³-hybridized carbons (Fsp3) is 0.304. The predicted molar refractivity (Wildman–Crippen MR) is 136 cm³/mol. The summed E-state index contributed by atoms with van der Waals surface area (Å²) in [6, 6.07) is 9.62. The molecular weight excluding hydrogens is 436 g/mol. The Bertz CT molecular complexity index is 1140. The SMILES string of the molecule is COc1ccnc(SNc2ccc(-c3nc(N)c(C(C)=N)c(NCCN(C)C)n3)cc2C)c1. The molecule has 174 valence electrons. The topological polar surface area (TPSA) is 125 Å². The van der Waals surface area contributed by atoms with Crippen LogP contribution in [0.5, 0.6) is 5.75 Å². The first-order valence-corrected chi connectivity index (χ1v) is 11.3. The molecule has 5 N–H and O–H groups in total. The quantitative estimate of drug-likeness (QED) is 0.260. The Labute approximate surface area is 198 Å². The van der Waals surface area contributed by atoms with Crippen LogP contribution < -0.4 is 20.5 Å². The third-order valence-electron chi connectivity index (χ3n) is 4.86. The highest BCUT2D eigenvalue weighted by Crippen LogP contribution is 2.29. The number of hydrogen-bond donors (Lipinski definition) is 4. The average molecular weight is 467 g/mol. The zero-order valence-corrected chi connectivity index (χ0v) is 20.4. The molecule has 10 heteroatoms. The molecule has 0 aliphatic rings. The Morgan fingerprint density at radius 2 is 2.00 bits per heavy atom. The van der Waals surface area contributed by atoms with Crippen LogP contribution in [0.25, 0.3) is 11.4 Å². The zero-order valence-electron chi connectivity index (χ0n) is 19.6. The number of hydrogen-bond acceptors (Lipinski definition) is 10. The van der Waals surface area contributed by atoms with Crippen molar-refractivity contribution in [2.24, 2.45) is 0 Å². The number of aryl methyl sites for hydroxylation is 1. The van der Waals surface area contributed by atoms with Gasteiger partial charge in [-0.15, -0.1) is 0 Å². The second-order valence-corrected chi connectivity index (χ2v) is 8.61. The molecule has 33 heavy (non-hydrogen) atoms. The van der Waals surface area contributed by atoms with Gasteiger partial charge in [0.05, 0.1) is 12.7 Å². The monoisotopic (exact) mass is 466 g/mol. The Kier molecular flexibility index (Phi) is 8.07. The number of nitrogens with two attached hydrogens (primary N) is 1. The lowest BCUT2D eigenvalue weighted by Gasteiger charge is -2.16. The summed E-state index contributed by atoms with van der Waals surface area (Å²) >= 11 is 1.41. The van der Waals surface area contributed by atoms with Crippen LogP contribution in [0, 0.1) is 12.3 Å². The average Bonchev–Trinajstić information content (AvgIpc) is 2.77. The smallest absolute Gasteiger partial charge is 0.163 e. The molecule has 0 atom stereocenters. The van der Waals surface area contributed by atoms with Gasteiger partial charge in [0.15, 0.2) is 5.82 Å². The van der Waals surface area contributed by atoms with Crippen molar-refractivity contribution >= 4 is 35.0 Å². The van der Waals surface area contributed by atoms with Crippen molar-refractivity contribution in [3.05, 3.63) is 47.7 Å². The molecular formula is C23H30N8OS. The lowest BCUT2D eigenvalue weighted by molar-refractivity contribution is 0.412. The predicted octanol–water partition coefficient (Wildman–Crippen LogP) is 3.92. The molecule has 3 rings (SSSR count). The molecule has 9 nitrogen and oxygen atoms in total. The van der Waals surface area contributed by atoms with E-state index in [4.69, 9.17) is 20.9 Å². The van der Waals surface area contributed by atoms with Gasteiger partial charge in [-0.2, -0.15) is 0 Å². The number of nitrogens with one attached hydrogen (secondary N) is 3. The van der Waals surface area contributed by atoms with Crippen molar-refractivity contribution in [3.8, 4) is 17.1 Å². The summed E-state index contributed by atoms with van der Waals surface area (Å²) in [6.45, 7) is 5.21. The van der Waals surface area contributed by atoms with Gasteiger partial charge in [-0.25, -0.2) is 15.0 Å². The molecule has 0 saturated carbocycles. The molecule has 0 bridgehead atoms. The zero-order chi connectivity index (χ0) is 24.0. The van der Waals surface area contributed by atoms with Gasteiger partial charge in [0.1, 0.15) is 22.4 Å². The summed E-state index contributed by atoms with van der Waals surface area (Å²) in [7, 11) is 5.64. The highest BCUT2D eigenvalue weighted by Gasteiger charge is 2.16. The molecule has 2 aromatic heterocycles. The maximum absolute atomic E-state index is 8.08. The molecule has 0 aliphatic heterocycles. The van der Waals surface area contributed by atoms with Gasteiger partial charge in [-0.3, -0.25) is 0 Å². The van der Waals surface area contributed by atoms with Gasteiger partial charge in [-0.05, 0) is 57.8 Å². The minimum Gasteiger partial charge on any atom is -0.497 e. The second kappa shape index (κ2) is 11.0. The molecule has 1 aromatic carbocycles. The standard InChI is InChI=1S/C23H30N8OS/c1-14-12-16(6-7-18(14)30-33-19-13-17(32-5)8-9-26-19)22-28-21(25)20(15(2)24)23(29-22)27-10-11-31(3)4/h6-9,12-13,24,30H,10-11H2,1-5H3,(H3,25,27,28,29). The molecule has 2 heterocycles. The summed E-state index contributed by atoms with van der Waals surface area (Å²) in [5, 5.41) is 12.2. The van der Waals surface area contributed by atoms with E-state index in [2.05, 4.69) is 24.9 Å². The van der Waals surface area contributed by atoms with E-state index in [1.807, 2.05) is 51.4 Å². The summed E-state index contributed by atoms with van der Waals surface area (Å²) < 4.78 is 8.58. The van der Waals surface area contributed by atoms with Gasteiger partial charge in [-0.1, -0.05) is 0 Å². The number of pyridine rings is 1. The molecule has 0 fully saturated rings. The lowest BCUT2D eigenvalue weighted by atomic mass is 10.1. The van der Waals surface area contributed by atoms with Crippen molar-refractivity contribution in [3.63, 3.8) is 0 Å². The number of ether oxygens (including phenoxy) is 1. The second-order valence-electron chi connectivity index (χ2n) is 7.78. The van der Waals surface area contributed by atoms with Crippen LogP contribution in [0.4, 0.5) is 17.3 Å². The lowest BCUT2D eigenvalue weighted by Crippen LogP contribution is -2.22. The highest BCUT2D eigenvalue weighted by molar-refractivity contribution is 8.00. The highest BCUT2D eigenvalue weighted by atomic mass is 32.2. The normalized spacial score (nSPS) is 10.8. The maximum Gasteiger partial charge on any atom is 0.163 e. The molecule has 0 aliphatic carbocycles. The number of nitrogen functional groups attached to an aromatic ring is 1. The molecule has 0 unspecified atom stereocenters. The van der Waals surface area contributed by atoms with Crippen LogP contribution in [-0.4, -0.2) is 59.9 Å². The molecule has 3 aromatic rings. The summed E-state index contributed by atoms with van der Waals surface area (Å²) in [5.41, 5.74) is 9.91. The Morgan fingerprint density at radius 1 is 1.21 bits per heavy atom. The van der Waals surface area contributed by atoms with E-state index >= 15 is 0 Å². The van der Waals surface area contributed by atoms with Crippen LogP contribution in [0.15, 0.2) is 41.6 Å². The van der Waals surface area contributed by atoms with Gasteiger partial charge < -0.3 is 30.8 Å². The van der Waals surface area contributed by atoms with Gasteiger partial charge in [0.25, 0.3) is 0 Å². The number of likely N-dealkylation sites (N-methyl/N-ethyl adjacent to an activating group) is 1. The summed E-state index contributed by atoms with van der Waals surface area (Å²) in [5.74, 6) is 2.14. The van der Waals surface area contributed by atoms with E-state index in [9.17, 15) is 0 Å². The van der Waals surface area contributed by atoms with Gasteiger partial charge >= 0.3 is 0 Å². The largest absolute Gasteiger partial charge is 0.497 e. The van der Waals surface area contributed by atoms with Crippen LogP contribution in [0.3, 0.4) is 0 Å². The first kappa shape index (κ1) is 24.3. The first-order chi connectivity index (χ1) is 15.8. The van der Waals surface area contributed by atoms with E-state index < -0.39 is 0 Å². The summed E-state index contributed by atoms with van der Waals surface area (Å²) in [4.78, 5) is 15.6.